The third-order valence-electron chi connectivity index (χ3n) is 7.39. The van der Waals surface area contributed by atoms with Gasteiger partial charge in [0, 0.05) is 52.5 Å². The summed E-state index contributed by atoms with van der Waals surface area (Å²) in [7, 11) is 0. The molecule has 0 aromatic heterocycles. The quantitative estimate of drug-likeness (QED) is 0.328. The molecule has 4 atom stereocenters. The summed E-state index contributed by atoms with van der Waals surface area (Å²) in [4.78, 5) is 41.2. The number of nitrogens with zero attached hydrogens (tertiary/aromatic N) is 2. The fraction of sp³-hybridized carbons (Fsp3) is 0.231. The molecule has 3 aliphatic heterocycles. The normalized spacial score (nSPS) is 27.0. The zero-order chi connectivity index (χ0) is 24.3. The minimum atomic E-state index is -1.42. The van der Waals surface area contributed by atoms with Crippen molar-refractivity contribution < 1.29 is 18.9 Å². The van der Waals surface area contributed by atoms with Crippen molar-refractivity contribution in [1.82, 2.24) is 4.90 Å². The molecule has 35 heavy (non-hydrogen) atoms. The monoisotopic (exact) mass is 489 g/mol. The largest absolute Gasteiger partial charge is 0.324 e. The first-order chi connectivity index (χ1) is 16.9. The van der Waals surface area contributed by atoms with Crippen molar-refractivity contribution in [3.05, 3.63) is 105 Å². The van der Waals surface area contributed by atoms with Gasteiger partial charge in [-0.05, 0) is 23.8 Å². The van der Waals surface area contributed by atoms with E-state index >= 15 is 0 Å². The number of non-ortho nitro benzene ring substituents is 1. The predicted octanol–water partition coefficient (Wildman–Crippen LogP) is 4.55. The van der Waals surface area contributed by atoms with E-state index in [9.17, 15) is 24.1 Å². The van der Waals surface area contributed by atoms with Crippen LogP contribution in [0.15, 0.2) is 72.8 Å². The number of rotatable bonds is 4. The number of Topliss-reactive ketones (excluding diaryl/α,β-unsaturated/α-hetero) is 1. The number of fused-ring (bicyclic) bond motifs is 4. The highest BCUT2D eigenvalue weighted by Crippen LogP contribution is 2.61. The number of nitrogens with one attached hydrogen (secondary N) is 1. The number of amides is 1. The van der Waals surface area contributed by atoms with Gasteiger partial charge in [-0.15, -0.1) is 11.8 Å². The number of hydrogen-bond acceptors (Lipinski definition) is 6. The number of benzene rings is 3. The van der Waals surface area contributed by atoms with Gasteiger partial charge in [0.05, 0.1) is 10.8 Å². The van der Waals surface area contributed by atoms with E-state index in [1.807, 2.05) is 4.90 Å². The van der Waals surface area contributed by atoms with Crippen LogP contribution in [0, 0.1) is 21.8 Å². The number of thioether (sulfide) groups is 1. The second-order valence-corrected chi connectivity index (χ2v) is 10.0. The van der Waals surface area contributed by atoms with Crippen LogP contribution in [0.3, 0.4) is 0 Å². The lowest BCUT2D eigenvalue weighted by molar-refractivity contribution is -0.384. The number of carbonyl (C=O) groups is 2. The van der Waals surface area contributed by atoms with E-state index in [4.69, 9.17) is 0 Å². The average Bonchev–Trinajstić information content (AvgIpc) is 3.52. The molecule has 3 aromatic rings. The van der Waals surface area contributed by atoms with Crippen molar-refractivity contribution in [2.24, 2.45) is 5.92 Å². The van der Waals surface area contributed by atoms with E-state index in [0.29, 0.717) is 34.0 Å². The van der Waals surface area contributed by atoms with Crippen LogP contribution in [0.5, 0.6) is 0 Å². The van der Waals surface area contributed by atoms with Crippen molar-refractivity contribution >= 4 is 34.8 Å². The van der Waals surface area contributed by atoms with E-state index in [1.54, 1.807) is 54.2 Å². The lowest BCUT2D eigenvalue weighted by Crippen LogP contribution is -2.52. The molecule has 0 radical (unpaired) electrons. The number of anilines is 1. The molecule has 9 heteroatoms. The minimum absolute atomic E-state index is 0.0751. The number of nitro groups is 1. The third-order valence-corrected chi connectivity index (χ3v) is 8.43. The molecule has 3 heterocycles. The van der Waals surface area contributed by atoms with Crippen molar-refractivity contribution in [2.75, 3.05) is 16.9 Å². The van der Waals surface area contributed by atoms with Gasteiger partial charge in [-0.1, -0.05) is 42.5 Å². The van der Waals surface area contributed by atoms with Crippen LogP contribution in [0.1, 0.15) is 27.4 Å². The Morgan fingerprint density at radius 1 is 1.11 bits per heavy atom. The van der Waals surface area contributed by atoms with E-state index in [2.05, 4.69) is 5.32 Å². The first-order valence-corrected chi connectivity index (χ1v) is 12.4. The number of carbonyl (C=O) groups excluding carboxylic acids is 2. The second kappa shape index (κ2) is 8.00. The molecule has 0 bridgehead atoms. The van der Waals surface area contributed by atoms with Gasteiger partial charge in [0.25, 0.3) is 5.69 Å². The average molecular weight is 490 g/mol. The Kier molecular flexibility index (Phi) is 5.01. The standard InChI is InChI=1S/C26H20FN3O4S/c27-17-9-10-20-19(12-17)26(25(32)28-20)23(24(31)15-5-2-1-3-6-15)22(21-13-35-14-29(21)26)16-7-4-8-18(11-16)30(33)34/h1-12,21-23H,13-14H2,(H,28,32)/t21-,22+,23+,26+/m0/s1. The van der Waals surface area contributed by atoms with Crippen molar-refractivity contribution in [3.63, 3.8) is 0 Å². The molecule has 2 fully saturated rings. The summed E-state index contributed by atoms with van der Waals surface area (Å²) < 4.78 is 14.6. The van der Waals surface area contributed by atoms with Gasteiger partial charge in [0.2, 0.25) is 5.91 Å². The van der Waals surface area contributed by atoms with Gasteiger partial charge in [0.15, 0.2) is 5.78 Å². The fourth-order valence-corrected chi connectivity index (χ4v) is 7.37. The van der Waals surface area contributed by atoms with Gasteiger partial charge < -0.3 is 5.32 Å². The molecule has 3 aromatic carbocycles. The zero-order valence-electron chi connectivity index (χ0n) is 18.4. The van der Waals surface area contributed by atoms with E-state index in [0.717, 1.165) is 0 Å². The SMILES string of the molecule is O=C(c1ccccc1)[C@H]1[C@H](c2cccc([N+](=O)[O-])c2)[C@@H]2CSCN2[C@@]12C(=O)Nc1ccc(F)cc12. The Morgan fingerprint density at radius 3 is 2.69 bits per heavy atom. The molecule has 176 valence electrons. The highest BCUT2D eigenvalue weighted by Gasteiger charge is 2.69. The van der Waals surface area contributed by atoms with Crippen LogP contribution in [-0.4, -0.2) is 39.2 Å². The zero-order valence-corrected chi connectivity index (χ0v) is 19.2. The smallest absolute Gasteiger partial charge is 0.269 e. The van der Waals surface area contributed by atoms with Gasteiger partial charge in [0.1, 0.15) is 11.4 Å². The summed E-state index contributed by atoms with van der Waals surface area (Å²) in [6.07, 6.45) is 0. The maximum absolute atomic E-state index is 14.6. The topological polar surface area (TPSA) is 92.5 Å². The first-order valence-electron chi connectivity index (χ1n) is 11.2. The van der Waals surface area contributed by atoms with Crippen LogP contribution < -0.4 is 5.32 Å². The Balaban J connectivity index is 1.63. The van der Waals surface area contributed by atoms with E-state index in [1.165, 1.54) is 30.3 Å². The summed E-state index contributed by atoms with van der Waals surface area (Å²) >= 11 is 1.63. The molecule has 0 saturated carbocycles. The molecule has 3 aliphatic rings. The minimum Gasteiger partial charge on any atom is -0.324 e. The molecule has 0 unspecified atom stereocenters. The number of halogens is 1. The fourth-order valence-electron chi connectivity index (χ4n) is 6.05. The molecular formula is C26H20FN3O4S. The highest BCUT2D eigenvalue weighted by atomic mass is 32.2. The van der Waals surface area contributed by atoms with Crippen LogP contribution in [0.2, 0.25) is 0 Å². The summed E-state index contributed by atoms with van der Waals surface area (Å²) in [5.74, 6) is -1.38. The van der Waals surface area contributed by atoms with Crippen LogP contribution >= 0.6 is 11.8 Å². The maximum Gasteiger partial charge on any atom is 0.269 e. The van der Waals surface area contributed by atoms with Crippen molar-refractivity contribution in [2.45, 2.75) is 17.5 Å². The van der Waals surface area contributed by atoms with Crippen LogP contribution in [0.4, 0.5) is 15.8 Å². The van der Waals surface area contributed by atoms with Crippen molar-refractivity contribution in [1.29, 1.82) is 0 Å². The predicted molar refractivity (Wildman–Crippen MR) is 130 cm³/mol. The van der Waals surface area contributed by atoms with Gasteiger partial charge in [-0.3, -0.25) is 24.6 Å². The highest BCUT2D eigenvalue weighted by molar-refractivity contribution is 7.99. The van der Waals surface area contributed by atoms with Gasteiger partial charge in [-0.25, -0.2) is 4.39 Å². The van der Waals surface area contributed by atoms with Crippen molar-refractivity contribution in [3.8, 4) is 0 Å². The number of nitro benzene ring substituents is 1. The van der Waals surface area contributed by atoms with Gasteiger partial charge in [-0.2, -0.15) is 0 Å². The Morgan fingerprint density at radius 2 is 1.91 bits per heavy atom. The summed E-state index contributed by atoms with van der Waals surface area (Å²) in [6, 6.07) is 19.0. The van der Waals surface area contributed by atoms with Crippen LogP contribution in [-0.2, 0) is 10.3 Å². The molecule has 1 amide bonds. The van der Waals surface area contributed by atoms with Gasteiger partial charge >= 0.3 is 0 Å². The molecule has 6 rings (SSSR count). The number of ketones is 1. The number of hydrogen-bond donors (Lipinski definition) is 1. The molecule has 1 spiro atoms. The summed E-state index contributed by atoms with van der Waals surface area (Å²) in [5, 5.41) is 14.4. The van der Waals surface area contributed by atoms with E-state index < -0.39 is 28.1 Å². The van der Waals surface area contributed by atoms with E-state index in [-0.39, 0.29) is 23.4 Å². The van der Waals surface area contributed by atoms with Crippen LogP contribution in [0.25, 0.3) is 0 Å². The molecule has 1 N–H and O–H groups in total. The lowest BCUT2D eigenvalue weighted by Gasteiger charge is -2.36. The lowest BCUT2D eigenvalue weighted by atomic mass is 9.69. The molecular weight excluding hydrogens is 469 g/mol. The molecule has 0 aliphatic carbocycles. The first kappa shape index (κ1) is 21.9. The maximum atomic E-state index is 14.6. The Labute approximate surface area is 204 Å². The second-order valence-electron chi connectivity index (χ2n) is 9.03. The molecule has 7 nitrogen and oxygen atoms in total. The Bertz CT molecular complexity index is 1380. The molecule has 2 saturated heterocycles. The Hall–Kier alpha value is -3.56. The summed E-state index contributed by atoms with van der Waals surface area (Å²) in [5.41, 5.74) is 0.497. The summed E-state index contributed by atoms with van der Waals surface area (Å²) in [6.45, 7) is 0. The third kappa shape index (κ3) is 3.08.